The Morgan fingerprint density at radius 1 is 1.18 bits per heavy atom. The van der Waals surface area contributed by atoms with E-state index < -0.39 is 21.7 Å². The number of halogens is 3. The molecule has 4 heterocycles. The first-order chi connectivity index (χ1) is 15.6. The van der Waals surface area contributed by atoms with Crippen LogP contribution in [0.4, 0.5) is 13.2 Å². The molecule has 2 aromatic heterocycles. The van der Waals surface area contributed by atoms with E-state index in [4.69, 9.17) is 0 Å². The fourth-order valence-electron chi connectivity index (χ4n) is 6.80. The number of likely N-dealkylation sites (tertiary alicyclic amines) is 1. The molecule has 4 aliphatic rings. The number of sulfone groups is 1. The lowest BCUT2D eigenvalue weighted by Crippen LogP contribution is -2.50. The van der Waals surface area contributed by atoms with Gasteiger partial charge in [0.25, 0.3) is 0 Å². The predicted octanol–water partition coefficient (Wildman–Crippen LogP) is 3.60. The summed E-state index contributed by atoms with van der Waals surface area (Å²) in [6.07, 6.45) is -0.0903. The minimum absolute atomic E-state index is 0.000551. The predicted molar refractivity (Wildman–Crippen MR) is 116 cm³/mol. The van der Waals surface area contributed by atoms with E-state index in [1.54, 1.807) is 6.07 Å². The number of nitrogens with zero attached hydrogens (tertiary/aromatic N) is 4. The number of hydrogen-bond acceptors (Lipinski definition) is 5. The van der Waals surface area contributed by atoms with Crippen LogP contribution in [-0.4, -0.2) is 58.7 Å². The third-order valence-corrected chi connectivity index (χ3v) is 10.4. The van der Waals surface area contributed by atoms with Gasteiger partial charge in [-0.3, -0.25) is 14.6 Å². The zero-order valence-corrected chi connectivity index (χ0v) is 19.2. The summed E-state index contributed by atoms with van der Waals surface area (Å²) in [6, 6.07) is 5.13. The number of aromatic nitrogens is 3. The van der Waals surface area contributed by atoms with Gasteiger partial charge in [-0.2, -0.15) is 18.3 Å². The normalized spacial score (nSPS) is 32.1. The Hall–Kier alpha value is -1.94. The number of rotatable bonds is 4. The highest BCUT2D eigenvalue weighted by molar-refractivity contribution is 7.92. The number of pyridine rings is 1. The molecule has 2 saturated heterocycles. The van der Waals surface area contributed by atoms with Gasteiger partial charge in [0, 0.05) is 47.9 Å². The van der Waals surface area contributed by atoms with Crippen molar-refractivity contribution >= 4 is 9.84 Å². The van der Waals surface area contributed by atoms with Gasteiger partial charge in [-0.05, 0) is 62.8 Å². The molecule has 0 radical (unpaired) electrons. The molecule has 2 aliphatic heterocycles. The van der Waals surface area contributed by atoms with Crippen molar-refractivity contribution < 1.29 is 21.6 Å². The molecule has 0 N–H and O–H groups in total. The van der Waals surface area contributed by atoms with E-state index in [1.807, 2.05) is 17.7 Å². The first-order valence-electron chi connectivity index (χ1n) is 11.6. The Morgan fingerprint density at radius 3 is 2.55 bits per heavy atom. The minimum atomic E-state index is -4.48. The molecule has 4 fully saturated rings. The van der Waals surface area contributed by atoms with Crippen LogP contribution in [0.1, 0.15) is 43.5 Å². The quantitative estimate of drug-likeness (QED) is 0.669. The van der Waals surface area contributed by atoms with Crippen LogP contribution in [0, 0.1) is 17.3 Å². The number of hydrogen-bond donors (Lipinski definition) is 0. The van der Waals surface area contributed by atoms with Gasteiger partial charge >= 0.3 is 6.18 Å². The van der Waals surface area contributed by atoms with E-state index in [9.17, 15) is 21.6 Å². The monoisotopic (exact) mass is 480 g/mol. The molecule has 0 unspecified atom stereocenters. The Balaban J connectivity index is 1.15. The van der Waals surface area contributed by atoms with E-state index >= 15 is 0 Å². The van der Waals surface area contributed by atoms with Gasteiger partial charge in [0.2, 0.25) is 0 Å². The number of aryl methyl sites for hydroxylation is 1. The largest absolute Gasteiger partial charge is 0.433 e. The van der Waals surface area contributed by atoms with Crippen molar-refractivity contribution in [1.29, 1.82) is 0 Å². The maximum absolute atomic E-state index is 13.1. The molecule has 2 aliphatic carbocycles. The van der Waals surface area contributed by atoms with Crippen molar-refractivity contribution in [2.75, 3.05) is 24.6 Å². The standard InChI is InChI=1S/C23H27F3N4O2S/c1-2-30-19(10-18(28-30)14-3-5-27-20(7-14)23(24,25)26)21-16-8-15(9-17(16)21)29-6-4-22(11-29)12-33(31,32)13-22/h3,5,7,10,15-17,21H,2,4,6,8-9,11-13H2,1H3/t15-,16+,17-,21-. The highest BCUT2D eigenvalue weighted by Gasteiger charge is 2.60. The minimum Gasteiger partial charge on any atom is -0.300 e. The van der Waals surface area contributed by atoms with Crippen LogP contribution in [-0.2, 0) is 22.6 Å². The summed E-state index contributed by atoms with van der Waals surface area (Å²) in [5.74, 6) is 2.26. The second-order valence-electron chi connectivity index (χ2n) is 10.4. The third kappa shape index (κ3) is 3.60. The molecule has 6 nitrogen and oxygen atoms in total. The summed E-state index contributed by atoms with van der Waals surface area (Å²) in [5, 5.41) is 4.61. The summed E-state index contributed by atoms with van der Waals surface area (Å²) in [7, 11) is -2.81. The van der Waals surface area contributed by atoms with Gasteiger partial charge in [-0.15, -0.1) is 0 Å². The van der Waals surface area contributed by atoms with Crippen LogP contribution in [0.5, 0.6) is 0 Å². The van der Waals surface area contributed by atoms with Crippen molar-refractivity contribution in [2.45, 2.75) is 50.9 Å². The third-order valence-electron chi connectivity index (χ3n) is 8.25. The molecule has 2 aromatic rings. The summed E-state index contributed by atoms with van der Waals surface area (Å²) in [4.78, 5) is 5.97. The first-order valence-corrected chi connectivity index (χ1v) is 13.5. The van der Waals surface area contributed by atoms with Gasteiger partial charge in [0.15, 0.2) is 9.84 Å². The maximum Gasteiger partial charge on any atom is 0.433 e. The lowest BCUT2D eigenvalue weighted by atomic mass is 9.91. The van der Waals surface area contributed by atoms with Crippen molar-refractivity contribution in [2.24, 2.45) is 17.3 Å². The van der Waals surface area contributed by atoms with Crippen LogP contribution in [0.2, 0.25) is 0 Å². The molecule has 0 amide bonds. The molecule has 0 aromatic carbocycles. The average molecular weight is 481 g/mol. The fourth-order valence-corrected chi connectivity index (χ4v) is 9.05. The number of fused-ring (bicyclic) bond motifs is 1. The molecular weight excluding hydrogens is 453 g/mol. The van der Waals surface area contributed by atoms with Crippen molar-refractivity contribution in [3.63, 3.8) is 0 Å². The Bertz CT molecular complexity index is 1180. The highest BCUT2D eigenvalue weighted by atomic mass is 32.2. The molecule has 33 heavy (non-hydrogen) atoms. The van der Waals surface area contributed by atoms with Crippen molar-refractivity contribution in [3.8, 4) is 11.3 Å². The zero-order valence-electron chi connectivity index (χ0n) is 18.4. The Kier molecular flexibility index (Phi) is 4.60. The van der Waals surface area contributed by atoms with Crippen LogP contribution < -0.4 is 0 Å². The molecule has 0 bridgehead atoms. The first kappa shape index (κ1) is 21.6. The fraction of sp³-hybridized carbons (Fsp3) is 0.652. The molecular formula is C23H27F3N4O2S. The van der Waals surface area contributed by atoms with Gasteiger partial charge in [0.05, 0.1) is 17.2 Å². The van der Waals surface area contributed by atoms with Crippen molar-refractivity contribution in [3.05, 3.63) is 35.8 Å². The van der Waals surface area contributed by atoms with E-state index in [2.05, 4.69) is 15.0 Å². The molecule has 2 saturated carbocycles. The lowest BCUT2D eigenvalue weighted by molar-refractivity contribution is -0.141. The summed E-state index contributed by atoms with van der Waals surface area (Å²) in [6.45, 7) is 4.58. The Morgan fingerprint density at radius 2 is 1.91 bits per heavy atom. The van der Waals surface area contributed by atoms with Gasteiger partial charge in [0.1, 0.15) is 5.69 Å². The highest BCUT2D eigenvalue weighted by Crippen LogP contribution is 2.64. The SMILES string of the molecule is CCn1nc(-c2ccnc(C(F)(F)F)c2)cc1[C@H]1[C@@H]2C[C@H](N3CCC4(C3)CS(=O)(=O)C4)C[C@@H]21. The topological polar surface area (TPSA) is 68.1 Å². The molecule has 10 heteroatoms. The van der Waals surface area contributed by atoms with Gasteiger partial charge in [-0.25, -0.2) is 8.42 Å². The van der Waals surface area contributed by atoms with E-state index in [1.165, 1.54) is 6.20 Å². The van der Waals surface area contributed by atoms with Gasteiger partial charge < -0.3 is 0 Å². The van der Waals surface area contributed by atoms with Crippen LogP contribution in [0.15, 0.2) is 24.4 Å². The van der Waals surface area contributed by atoms with Crippen LogP contribution >= 0.6 is 0 Å². The maximum atomic E-state index is 13.1. The van der Waals surface area contributed by atoms with Crippen LogP contribution in [0.25, 0.3) is 11.3 Å². The van der Waals surface area contributed by atoms with Crippen molar-refractivity contribution in [1.82, 2.24) is 19.7 Å². The average Bonchev–Trinajstić information content (AvgIpc) is 3.18. The van der Waals surface area contributed by atoms with Gasteiger partial charge in [-0.1, -0.05) is 0 Å². The van der Waals surface area contributed by atoms with E-state index in [0.29, 0.717) is 53.1 Å². The van der Waals surface area contributed by atoms with E-state index in [-0.39, 0.29) is 5.41 Å². The molecule has 1 spiro atoms. The second kappa shape index (κ2) is 7.04. The lowest BCUT2D eigenvalue weighted by Gasteiger charge is -2.38. The second-order valence-corrected chi connectivity index (χ2v) is 12.5. The van der Waals surface area contributed by atoms with Crippen LogP contribution in [0.3, 0.4) is 0 Å². The van der Waals surface area contributed by atoms with E-state index in [0.717, 1.165) is 44.1 Å². The molecule has 178 valence electrons. The molecule has 4 atom stereocenters. The number of alkyl halides is 3. The summed E-state index contributed by atoms with van der Waals surface area (Å²) in [5.41, 5.74) is 1.22. The Labute approximate surface area is 191 Å². The summed E-state index contributed by atoms with van der Waals surface area (Å²) < 4.78 is 64.5. The summed E-state index contributed by atoms with van der Waals surface area (Å²) >= 11 is 0. The zero-order chi connectivity index (χ0) is 23.2. The molecule has 6 rings (SSSR count). The smallest absolute Gasteiger partial charge is 0.300 e.